The van der Waals surface area contributed by atoms with Crippen molar-refractivity contribution in [3.63, 3.8) is 0 Å². The third-order valence-electron chi connectivity index (χ3n) is 3.71. The van der Waals surface area contributed by atoms with E-state index in [1.165, 1.54) is 16.3 Å². The summed E-state index contributed by atoms with van der Waals surface area (Å²) in [6.07, 6.45) is 0.756. The fraction of sp³-hybridized carbons (Fsp3) is 0.389. The molecule has 1 heterocycles. The summed E-state index contributed by atoms with van der Waals surface area (Å²) in [5, 5.41) is 4.40. The van der Waals surface area contributed by atoms with Crippen LogP contribution in [0.1, 0.15) is 41.8 Å². The molecule has 0 fully saturated rings. The van der Waals surface area contributed by atoms with E-state index in [1.807, 2.05) is 39.0 Å². The fourth-order valence-corrected chi connectivity index (χ4v) is 2.30. The number of aryl methyl sites for hydroxylation is 3. The van der Waals surface area contributed by atoms with Gasteiger partial charge in [-0.1, -0.05) is 19.1 Å². The van der Waals surface area contributed by atoms with Crippen molar-refractivity contribution in [2.75, 3.05) is 6.61 Å². The number of esters is 1. The second kappa shape index (κ2) is 7.22. The van der Waals surface area contributed by atoms with Gasteiger partial charge in [0.05, 0.1) is 12.3 Å². The van der Waals surface area contributed by atoms with Crippen LogP contribution in [-0.2, 0) is 11.3 Å². The molecule has 0 saturated carbocycles. The molecule has 0 spiro atoms. The zero-order valence-electron chi connectivity index (χ0n) is 14.0. The molecule has 122 valence electrons. The molecule has 0 amide bonds. The minimum absolute atomic E-state index is 0.0310. The number of hydrogen-bond acceptors (Lipinski definition) is 4. The highest BCUT2D eigenvalue weighted by Crippen LogP contribution is 2.20. The van der Waals surface area contributed by atoms with E-state index < -0.39 is 11.5 Å². The van der Waals surface area contributed by atoms with Crippen molar-refractivity contribution < 1.29 is 9.53 Å². The summed E-state index contributed by atoms with van der Waals surface area (Å²) in [4.78, 5) is 24.4. The Kier molecular flexibility index (Phi) is 5.32. The molecule has 5 heteroatoms. The third kappa shape index (κ3) is 3.67. The topological polar surface area (TPSA) is 61.2 Å². The molecule has 23 heavy (non-hydrogen) atoms. The quantitative estimate of drug-likeness (QED) is 0.796. The van der Waals surface area contributed by atoms with E-state index in [0.717, 1.165) is 17.5 Å². The highest BCUT2D eigenvalue weighted by molar-refractivity contribution is 5.90. The van der Waals surface area contributed by atoms with Crippen LogP contribution in [0.2, 0.25) is 0 Å². The maximum absolute atomic E-state index is 12.4. The monoisotopic (exact) mass is 314 g/mol. The minimum Gasteiger partial charge on any atom is -0.462 e. The molecule has 0 radical (unpaired) electrons. The van der Waals surface area contributed by atoms with Crippen LogP contribution in [0.4, 0.5) is 0 Å². The molecule has 0 atom stereocenters. The van der Waals surface area contributed by atoms with Gasteiger partial charge in [0.25, 0.3) is 5.56 Å². The van der Waals surface area contributed by atoms with Gasteiger partial charge < -0.3 is 4.74 Å². The predicted octanol–water partition coefficient (Wildman–Crippen LogP) is 3.11. The van der Waals surface area contributed by atoms with Gasteiger partial charge in [-0.3, -0.25) is 4.79 Å². The van der Waals surface area contributed by atoms with Gasteiger partial charge in [0.2, 0.25) is 0 Å². The average Bonchev–Trinajstić information content (AvgIpc) is 2.52. The van der Waals surface area contributed by atoms with Gasteiger partial charge in [0.1, 0.15) is 5.56 Å². The van der Waals surface area contributed by atoms with E-state index >= 15 is 0 Å². The summed E-state index contributed by atoms with van der Waals surface area (Å²) in [6, 6.07) is 7.48. The number of carbonyl (C=O) groups is 1. The van der Waals surface area contributed by atoms with Crippen molar-refractivity contribution in [3.8, 4) is 11.3 Å². The van der Waals surface area contributed by atoms with Crippen LogP contribution in [0.25, 0.3) is 11.3 Å². The van der Waals surface area contributed by atoms with Crippen molar-refractivity contribution in [2.45, 2.75) is 40.7 Å². The molecule has 5 nitrogen and oxygen atoms in total. The van der Waals surface area contributed by atoms with E-state index in [1.54, 1.807) is 6.92 Å². The first-order valence-electron chi connectivity index (χ1n) is 7.84. The summed E-state index contributed by atoms with van der Waals surface area (Å²) in [5.41, 5.74) is 3.42. The molecule has 1 aromatic heterocycles. The van der Waals surface area contributed by atoms with E-state index in [-0.39, 0.29) is 12.2 Å². The van der Waals surface area contributed by atoms with E-state index in [9.17, 15) is 9.59 Å². The first-order chi connectivity index (χ1) is 11.0. The average molecular weight is 314 g/mol. The van der Waals surface area contributed by atoms with Crippen molar-refractivity contribution in [3.05, 3.63) is 51.3 Å². The Morgan fingerprint density at radius 2 is 1.91 bits per heavy atom. The summed E-state index contributed by atoms with van der Waals surface area (Å²) in [6.45, 7) is 8.42. The van der Waals surface area contributed by atoms with Gasteiger partial charge in [-0.25, -0.2) is 9.48 Å². The minimum atomic E-state index is -0.602. The Bertz CT molecular complexity index is 778. The molecular weight excluding hydrogens is 292 g/mol. The van der Waals surface area contributed by atoms with Crippen molar-refractivity contribution >= 4 is 5.97 Å². The normalized spacial score (nSPS) is 10.6. The lowest BCUT2D eigenvalue weighted by atomic mass is 10.0. The van der Waals surface area contributed by atoms with Crippen LogP contribution < -0.4 is 5.56 Å². The number of aromatic nitrogens is 2. The van der Waals surface area contributed by atoms with E-state index in [4.69, 9.17) is 4.74 Å². The molecule has 0 aliphatic heterocycles. The van der Waals surface area contributed by atoms with Gasteiger partial charge >= 0.3 is 5.97 Å². The molecule has 0 aliphatic carbocycles. The second-order valence-corrected chi connectivity index (χ2v) is 5.49. The molecule has 0 unspecified atom stereocenters. The van der Waals surface area contributed by atoms with Gasteiger partial charge in [0, 0.05) is 12.1 Å². The zero-order chi connectivity index (χ0) is 17.0. The van der Waals surface area contributed by atoms with Crippen molar-refractivity contribution in [1.82, 2.24) is 9.78 Å². The van der Waals surface area contributed by atoms with Crippen molar-refractivity contribution in [1.29, 1.82) is 0 Å². The van der Waals surface area contributed by atoms with Crippen molar-refractivity contribution in [2.24, 2.45) is 0 Å². The highest BCUT2D eigenvalue weighted by Gasteiger charge is 2.17. The van der Waals surface area contributed by atoms with Gasteiger partial charge in [0.15, 0.2) is 0 Å². The summed E-state index contributed by atoms with van der Waals surface area (Å²) in [5.74, 6) is -0.602. The summed E-state index contributed by atoms with van der Waals surface area (Å²) < 4.78 is 6.34. The lowest BCUT2D eigenvalue weighted by Gasteiger charge is -2.11. The van der Waals surface area contributed by atoms with Crippen LogP contribution >= 0.6 is 0 Å². The highest BCUT2D eigenvalue weighted by atomic mass is 16.5. The Labute approximate surface area is 135 Å². The maximum atomic E-state index is 12.4. The maximum Gasteiger partial charge on any atom is 0.343 e. The molecular formula is C18H22N2O3. The molecule has 0 bridgehead atoms. The number of hydrogen-bond donors (Lipinski definition) is 0. The van der Waals surface area contributed by atoms with Gasteiger partial charge in [-0.05, 0) is 50.5 Å². The molecule has 0 aliphatic rings. The molecule has 0 saturated heterocycles. The standard InChI is InChI=1S/C18H22N2O3/c1-5-9-20-17(21)15(18(22)23-6-2)11-16(19-20)14-8-7-12(3)13(4)10-14/h7-8,10-11H,5-6,9H2,1-4H3. The lowest BCUT2D eigenvalue weighted by Crippen LogP contribution is -2.29. The molecule has 0 N–H and O–H groups in total. The van der Waals surface area contributed by atoms with E-state index in [2.05, 4.69) is 5.10 Å². The predicted molar refractivity (Wildman–Crippen MR) is 89.7 cm³/mol. The van der Waals surface area contributed by atoms with Crippen LogP contribution in [0.5, 0.6) is 0 Å². The first-order valence-corrected chi connectivity index (χ1v) is 7.84. The number of ether oxygens (including phenoxy) is 1. The summed E-state index contributed by atoms with van der Waals surface area (Å²) in [7, 11) is 0. The zero-order valence-corrected chi connectivity index (χ0v) is 14.0. The largest absolute Gasteiger partial charge is 0.462 e. The number of carbonyl (C=O) groups excluding carboxylic acids is 1. The van der Waals surface area contributed by atoms with E-state index in [0.29, 0.717) is 12.2 Å². The van der Waals surface area contributed by atoms with Crippen LogP contribution in [-0.4, -0.2) is 22.4 Å². The second-order valence-electron chi connectivity index (χ2n) is 5.49. The Hall–Kier alpha value is -2.43. The number of rotatable bonds is 5. The van der Waals surface area contributed by atoms with Crippen LogP contribution in [0.15, 0.2) is 29.1 Å². The Balaban J connectivity index is 2.61. The van der Waals surface area contributed by atoms with Gasteiger partial charge in [-0.2, -0.15) is 5.10 Å². The third-order valence-corrected chi connectivity index (χ3v) is 3.71. The summed E-state index contributed by atoms with van der Waals surface area (Å²) >= 11 is 0. The number of benzene rings is 1. The Morgan fingerprint density at radius 1 is 1.17 bits per heavy atom. The number of nitrogens with zero attached hydrogens (tertiary/aromatic N) is 2. The molecule has 2 aromatic rings. The fourth-order valence-electron chi connectivity index (χ4n) is 2.30. The Morgan fingerprint density at radius 3 is 2.52 bits per heavy atom. The van der Waals surface area contributed by atoms with Crippen LogP contribution in [0.3, 0.4) is 0 Å². The first kappa shape index (κ1) is 16.9. The SMILES string of the molecule is CCCn1nc(-c2ccc(C)c(C)c2)cc(C(=O)OCC)c1=O. The molecule has 1 aromatic carbocycles. The van der Waals surface area contributed by atoms with Gasteiger partial charge in [-0.15, -0.1) is 0 Å². The van der Waals surface area contributed by atoms with Crippen LogP contribution in [0, 0.1) is 13.8 Å². The lowest BCUT2D eigenvalue weighted by molar-refractivity contribution is 0.0523. The smallest absolute Gasteiger partial charge is 0.343 e. The molecule has 2 rings (SSSR count).